The largest absolute Gasteiger partial charge is 0.378 e. The molecule has 4 rings (SSSR count). The van der Waals surface area contributed by atoms with Crippen LogP contribution in [0.3, 0.4) is 0 Å². The highest BCUT2D eigenvalue weighted by atomic mass is 16.5. The first-order valence-electron chi connectivity index (χ1n) is 10.7. The average molecular weight is 395 g/mol. The highest BCUT2D eigenvalue weighted by molar-refractivity contribution is 5.94. The van der Waals surface area contributed by atoms with Crippen LogP contribution in [0.15, 0.2) is 42.6 Å². The van der Waals surface area contributed by atoms with E-state index in [4.69, 9.17) is 4.74 Å². The Morgan fingerprint density at radius 2 is 1.72 bits per heavy atom. The zero-order chi connectivity index (χ0) is 19.9. The third kappa shape index (κ3) is 5.34. The third-order valence-corrected chi connectivity index (χ3v) is 5.75. The van der Waals surface area contributed by atoms with E-state index in [2.05, 4.69) is 38.3 Å². The highest BCUT2D eigenvalue weighted by Crippen LogP contribution is 2.17. The van der Waals surface area contributed by atoms with Gasteiger partial charge in [-0.15, -0.1) is 0 Å². The number of likely N-dealkylation sites (tertiary alicyclic amines) is 1. The van der Waals surface area contributed by atoms with Crippen molar-refractivity contribution in [3.8, 4) is 0 Å². The minimum atomic E-state index is -0.0844. The van der Waals surface area contributed by atoms with Crippen molar-refractivity contribution >= 4 is 11.7 Å². The standard InChI is InChI=1S/C23H30N4O2/c28-23(20-8-9-22(24-17-20)27-12-14-29-15-13-27)25-16-19-6-2-3-7-21(19)18-26-10-4-1-5-11-26/h2-3,6-9,17H,1,4-5,10-16,18H2,(H,25,28). The summed E-state index contributed by atoms with van der Waals surface area (Å²) in [5.74, 6) is 0.815. The first-order valence-corrected chi connectivity index (χ1v) is 10.7. The van der Waals surface area contributed by atoms with E-state index < -0.39 is 0 Å². The van der Waals surface area contributed by atoms with Gasteiger partial charge in [0.15, 0.2) is 0 Å². The Labute approximate surface area is 172 Å². The predicted molar refractivity (Wildman–Crippen MR) is 114 cm³/mol. The number of hydrogen-bond donors (Lipinski definition) is 1. The van der Waals surface area contributed by atoms with Gasteiger partial charge in [0.2, 0.25) is 0 Å². The van der Waals surface area contributed by atoms with Gasteiger partial charge in [0.1, 0.15) is 5.82 Å². The zero-order valence-electron chi connectivity index (χ0n) is 17.0. The Hall–Kier alpha value is -2.44. The number of carbonyl (C=O) groups excluding carboxylic acids is 1. The molecule has 1 amide bonds. The smallest absolute Gasteiger partial charge is 0.253 e. The molecule has 0 radical (unpaired) electrons. The fourth-order valence-electron chi connectivity index (χ4n) is 4.02. The van der Waals surface area contributed by atoms with Crippen LogP contribution in [0.5, 0.6) is 0 Å². The number of nitrogens with one attached hydrogen (secondary N) is 1. The molecule has 1 aromatic carbocycles. The van der Waals surface area contributed by atoms with Crippen LogP contribution < -0.4 is 10.2 Å². The van der Waals surface area contributed by atoms with E-state index in [0.717, 1.165) is 38.7 Å². The molecule has 154 valence electrons. The molecule has 0 saturated carbocycles. The number of amides is 1. The number of nitrogens with zero attached hydrogens (tertiary/aromatic N) is 3. The second-order valence-electron chi connectivity index (χ2n) is 7.79. The Balaban J connectivity index is 1.34. The zero-order valence-corrected chi connectivity index (χ0v) is 17.0. The third-order valence-electron chi connectivity index (χ3n) is 5.75. The Bertz CT molecular complexity index is 797. The van der Waals surface area contributed by atoms with Gasteiger partial charge in [-0.05, 0) is 49.2 Å². The molecular weight excluding hydrogens is 364 g/mol. The molecule has 0 unspecified atom stereocenters. The number of anilines is 1. The van der Waals surface area contributed by atoms with Crippen LogP contribution in [0.1, 0.15) is 40.7 Å². The second kappa shape index (κ2) is 9.85. The maximum atomic E-state index is 12.6. The number of aromatic nitrogens is 1. The molecule has 29 heavy (non-hydrogen) atoms. The number of ether oxygens (including phenoxy) is 1. The summed E-state index contributed by atoms with van der Waals surface area (Å²) >= 11 is 0. The van der Waals surface area contributed by atoms with Gasteiger partial charge < -0.3 is 15.0 Å². The lowest BCUT2D eigenvalue weighted by Gasteiger charge is -2.27. The van der Waals surface area contributed by atoms with Gasteiger partial charge in [-0.2, -0.15) is 0 Å². The number of piperidine rings is 1. The minimum absolute atomic E-state index is 0.0844. The van der Waals surface area contributed by atoms with Gasteiger partial charge >= 0.3 is 0 Å². The number of benzene rings is 1. The SMILES string of the molecule is O=C(NCc1ccccc1CN1CCCCC1)c1ccc(N2CCOCC2)nc1. The van der Waals surface area contributed by atoms with Crippen molar-refractivity contribution in [3.63, 3.8) is 0 Å². The van der Waals surface area contributed by atoms with Gasteiger partial charge in [0.05, 0.1) is 18.8 Å². The van der Waals surface area contributed by atoms with E-state index in [0.29, 0.717) is 12.1 Å². The predicted octanol–water partition coefficient (Wildman–Crippen LogP) is 2.83. The molecule has 0 aliphatic carbocycles. The van der Waals surface area contributed by atoms with Crippen LogP contribution in [-0.4, -0.2) is 55.2 Å². The van der Waals surface area contributed by atoms with Gasteiger partial charge in [-0.1, -0.05) is 30.7 Å². The van der Waals surface area contributed by atoms with E-state index in [1.165, 1.54) is 43.5 Å². The molecule has 2 aliphatic rings. The highest BCUT2D eigenvalue weighted by Gasteiger charge is 2.15. The van der Waals surface area contributed by atoms with Crippen LogP contribution in [0.25, 0.3) is 0 Å². The quantitative estimate of drug-likeness (QED) is 0.817. The van der Waals surface area contributed by atoms with E-state index in [1.54, 1.807) is 6.20 Å². The molecule has 0 bridgehead atoms. The molecule has 2 saturated heterocycles. The van der Waals surface area contributed by atoms with Crippen molar-refractivity contribution in [1.29, 1.82) is 0 Å². The Morgan fingerprint density at radius 3 is 2.45 bits per heavy atom. The first-order chi connectivity index (χ1) is 14.3. The Kier molecular flexibility index (Phi) is 6.75. The van der Waals surface area contributed by atoms with Crippen LogP contribution in [-0.2, 0) is 17.8 Å². The summed E-state index contributed by atoms with van der Waals surface area (Å²) in [7, 11) is 0. The monoisotopic (exact) mass is 394 g/mol. The summed E-state index contributed by atoms with van der Waals surface area (Å²) in [6, 6.07) is 12.2. The normalized spacial score (nSPS) is 17.9. The van der Waals surface area contributed by atoms with E-state index in [9.17, 15) is 4.79 Å². The lowest BCUT2D eigenvalue weighted by molar-refractivity contribution is 0.0950. The number of pyridine rings is 1. The van der Waals surface area contributed by atoms with Crippen molar-refractivity contribution in [3.05, 3.63) is 59.3 Å². The molecule has 6 nitrogen and oxygen atoms in total. The molecule has 3 heterocycles. The van der Waals surface area contributed by atoms with Crippen molar-refractivity contribution in [2.24, 2.45) is 0 Å². The maximum absolute atomic E-state index is 12.6. The summed E-state index contributed by atoms with van der Waals surface area (Å²) in [4.78, 5) is 21.8. The summed E-state index contributed by atoms with van der Waals surface area (Å²) in [6.07, 6.45) is 5.57. The lowest BCUT2D eigenvalue weighted by Crippen LogP contribution is -2.36. The molecule has 0 spiro atoms. The molecule has 2 aromatic rings. The maximum Gasteiger partial charge on any atom is 0.253 e. The number of morpholine rings is 1. The van der Waals surface area contributed by atoms with Crippen LogP contribution in [0.2, 0.25) is 0 Å². The number of carbonyl (C=O) groups is 1. The van der Waals surface area contributed by atoms with E-state index >= 15 is 0 Å². The minimum Gasteiger partial charge on any atom is -0.378 e. The molecule has 2 fully saturated rings. The Morgan fingerprint density at radius 1 is 0.966 bits per heavy atom. The number of rotatable bonds is 6. The molecular formula is C23H30N4O2. The van der Waals surface area contributed by atoms with Gasteiger partial charge in [-0.3, -0.25) is 9.69 Å². The molecule has 6 heteroatoms. The summed E-state index contributed by atoms with van der Waals surface area (Å²) in [5, 5.41) is 3.06. The fourth-order valence-corrected chi connectivity index (χ4v) is 4.02. The summed E-state index contributed by atoms with van der Waals surface area (Å²) in [6.45, 7) is 6.96. The van der Waals surface area contributed by atoms with Crippen molar-refractivity contribution < 1.29 is 9.53 Å². The van der Waals surface area contributed by atoms with Crippen molar-refractivity contribution in [1.82, 2.24) is 15.2 Å². The van der Waals surface area contributed by atoms with E-state index in [-0.39, 0.29) is 5.91 Å². The second-order valence-corrected chi connectivity index (χ2v) is 7.79. The topological polar surface area (TPSA) is 57.7 Å². The summed E-state index contributed by atoms with van der Waals surface area (Å²) in [5.41, 5.74) is 3.08. The molecule has 1 aromatic heterocycles. The molecule has 0 atom stereocenters. The first kappa shape index (κ1) is 19.9. The molecule has 1 N–H and O–H groups in total. The van der Waals surface area contributed by atoms with Crippen molar-refractivity contribution in [2.75, 3.05) is 44.3 Å². The van der Waals surface area contributed by atoms with Crippen LogP contribution in [0.4, 0.5) is 5.82 Å². The summed E-state index contributed by atoms with van der Waals surface area (Å²) < 4.78 is 5.38. The van der Waals surface area contributed by atoms with Gasteiger partial charge in [0, 0.05) is 32.4 Å². The lowest BCUT2D eigenvalue weighted by atomic mass is 10.0. The van der Waals surface area contributed by atoms with Gasteiger partial charge in [-0.25, -0.2) is 4.98 Å². The molecule has 2 aliphatic heterocycles. The van der Waals surface area contributed by atoms with Crippen LogP contribution in [0, 0.1) is 0 Å². The van der Waals surface area contributed by atoms with E-state index in [1.807, 2.05) is 18.2 Å². The fraction of sp³-hybridized carbons (Fsp3) is 0.478. The van der Waals surface area contributed by atoms with Crippen molar-refractivity contribution in [2.45, 2.75) is 32.4 Å². The number of hydrogen-bond acceptors (Lipinski definition) is 5. The average Bonchev–Trinajstić information content (AvgIpc) is 2.80. The van der Waals surface area contributed by atoms with Crippen LogP contribution >= 0.6 is 0 Å². The van der Waals surface area contributed by atoms with Gasteiger partial charge in [0.25, 0.3) is 5.91 Å².